The van der Waals surface area contributed by atoms with Gasteiger partial charge >= 0.3 is 5.97 Å². The summed E-state index contributed by atoms with van der Waals surface area (Å²) in [7, 11) is 1.30. The quantitative estimate of drug-likeness (QED) is 0.704. The molecule has 0 aliphatic heterocycles. The number of imidazole rings is 1. The first-order valence-corrected chi connectivity index (χ1v) is 5.77. The van der Waals surface area contributed by atoms with Crippen LogP contribution in [-0.2, 0) is 11.3 Å². The molecule has 0 unspecified atom stereocenters. The first-order valence-electron chi connectivity index (χ1n) is 5.77. The van der Waals surface area contributed by atoms with Crippen LogP contribution in [0.3, 0.4) is 0 Å². The fraction of sp³-hybridized carbons (Fsp3) is 0.167. The lowest BCUT2D eigenvalue weighted by atomic mass is 10.4. The van der Waals surface area contributed by atoms with Gasteiger partial charge in [0.15, 0.2) is 11.5 Å². The molecule has 102 valence electrons. The second-order valence-electron chi connectivity index (χ2n) is 4.06. The molecular weight excluding hydrogens is 262 g/mol. The third-order valence-electron chi connectivity index (χ3n) is 2.80. The number of hydrogen-bond donors (Lipinski definition) is 1. The zero-order chi connectivity index (χ0) is 14.1. The summed E-state index contributed by atoms with van der Waals surface area (Å²) in [5.41, 5.74) is 6.85. The maximum atomic E-state index is 11.3. The number of nitrogens with zero attached hydrogens (tertiary/aromatic N) is 4. The summed E-state index contributed by atoms with van der Waals surface area (Å²) in [5.74, 6) is 0.546. The van der Waals surface area contributed by atoms with E-state index in [-0.39, 0.29) is 5.76 Å². The fourth-order valence-electron chi connectivity index (χ4n) is 1.86. The summed E-state index contributed by atoms with van der Waals surface area (Å²) in [5, 5.41) is 0. The van der Waals surface area contributed by atoms with Crippen molar-refractivity contribution in [3.8, 4) is 0 Å². The fourth-order valence-corrected chi connectivity index (χ4v) is 1.86. The van der Waals surface area contributed by atoms with Gasteiger partial charge in [0, 0.05) is 0 Å². The number of hydrogen-bond acceptors (Lipinski definition) is 7. The molecule has 0 spiro atoms. The summed E-state index contributed by atoms with van der Waals surface area (Å²) in [6.45, 7) is 0.379. The minimum atomic E-state index is -0.515. The van der Waals surface area contributed by atoms with E-state index < -0.39 is 5.97 Å². The summed E-state index contributed by atoms with van der Waals surface area (Å²) >= 11 is 0. The standard InChI is InChI=1S/C12H11N5O3/c1-19-12(18)8-3-2-7(20-8)4-17-6-16-9-10(13)14-5-15-11(9)17/h2-3,5-6H,4H2,1H3,(H2,13,14,15). The lowest BCUT2D eigenvalue weighted by molar-refractivity contribution is 0.0563. The number of rotatable bonds is 3. The Kier molecular flexibility index (Phi) is 2.82. The van der Waals surface area contributed by atoms with Gasteiger partial charge < -0.3 is 19.5 Å². The number of nitrogen functional groups attached to an aromatic ring is 1. The topological polar surface area (TPSA) is 109 Å². The molecule has 0 saturated heterocycles. The van der Waals surface area contributed by atoms with Gasteiger partial charge in [-0.3, -0.25) is 0 Å². The second kappa shape index (κ2) is 4.65. The van der Waals surface area contributed by atoms with Gasteiger partial charge in [-0.05, 0) is 12.1 Å². The van der Waals surface area contributed by atoms with E-state index in [4.69, 9.17) is 10.2 Å². The van der Waals surface area contributed by atoms with Crippen molar-refractivity contribution >= 4 is 23.0 Å². The van der Waals surface area contributed by atoms with E-state index in [0.717, 1.165) is 0 Å². The van der Waals surface area contributed by atoms with E-state index in [9.17, 15) is 4.79 Å². The molecule has 20 heavy (non-hydrogen) atoms. The highest BCUT2D eigenvalue weighted by molar-refractivity contribution is 5.86. The monoisotopic (exact) mass is 273 g/mol. The normalized spacial score (nSPS) is 10.8. The Hall–Kier alpha value is -2.90. The molecule has 0 fully saturated rings. The number of carbonyl (C=O) groups is 1. The van der Waals surface area contributed by atoms with Crippen LogP contribution in [0.5, 0.6) is 0 Å². The number of methoxy groups -OCH3 is 1. The predicted molar refractivity (Wildman–Crippen MR) is 68.9 cm³/mol. The van der Waals surface area contributed by atoms with Gasteiger partial charge in [-0.1, -0.05) is 0 Å². The molecule has 0 saturated carbocycles. The van der Waals surface area contributed by atoms with Gasteiger partial charge in [0.1, 0.15) is 17.6 Å². The highest BCUT2D eigenvalue weighted by Crippen LogP contribution is 2.17. The zero-order valence-electron chi connectivity index (χ0n) is 10.6. The lowest BCUT2D eigenvalue weighted by Gasteiger charge is -2.01. The molecule has 3 aromatic rings. The number of furan rings is 1. The lowest BCUT2D eigenvalue weighted by Crippen LogP contribution is -2.01. The molecule has 0 bridgehead atoms. The van der Waals surface area contributed by atoms with Crippen LogP contribution in [-0.4, -0.2) is 32.6 Å². The predicted octanol–water partition coefficient (Wildman–Crippen LogP) is 0.836. The second-order valence-corrected chi connectivity index (χ2v) is 4.06. The molecule has 2 N–H and O–H groups in total. The Bertz CT molecular complexity index is 776. The van der Waals surface area contributed by atoms with Crippen LogP contribution in [0.4, 0.5) is 5.82 Å². The average Bonchev–Trinajstić information content (AvgIpc) is 3.07. The third-order valence-corrected chi connectivity index (χ3v) is 2.80. The SMILES string of the molecule is COC(=O)c1ccc(Cn2cnc3c(N)ncnc32)o1. The molecular formula is C12H11N5O3. The van der Waals surface area contributed by atoms with Crippen molar-refractivity contribution in [2.75, 3.05) is 12.8 Å². The van der Waals surface area contributed by atoms with Crippen LogP contribution in [0.25, 0.3) is 11.2 Å². The first-order chi connectivity index (χ1) is 9.69. The third kappa shape index (κ3) is 1.96. The Morgan fingerprint density at radius 2 is 2.25 bits per heavy atom. The molecule has 8 nitrogen and oxygen atoms in total. The van der Waals surface area contributed by atoms with Gasteiger partial charge in [0.2, 0.25) is 5.76 Å². The number of nitrogens with two attached hydrogens (primary N) is 1. The van der Waals surface area contributed by atoms with Gasteiger partial charge in [0.05, 0.1) is 20.0 Å². The Balaban J connectivity index is 1.92. The van der Waals surface area contributed by atoms with Crippen molar-refractivity contribution in [3.63, 3.8) is 0 Å². The largest absolute Gasteiger partial charge is 0.463 e. The van der Waals surface area contributed by atoms with E-state index in [2.05, 4.69) is 19.7 Å². The molecule has 0 atom stereocenters. The maximum absolute atomic E-state index is 11.3. The molecule has 0 amide bonds. The van der Waals surface area contributed by atoms with Crippen molar-refractivity contribution in [2.24, 2.45) is 0 Å². The Labute approximate surface area is 113 Å². The highest BCUT2D eigenvalue weighted by Gasteiger charge is 2.13. The molecule has 0 aliphatic rings. The Morgan fingerprint density at radius 3 is 3.05 bits per heavy atom. The summed E-state index contributed by atoms with van der Waals surface area (Å²) in [6.07, 6.45) is 2.97. The van der Waals surface area contributed by atoms with E-state index in [1.54, 1.807) is 23.0 Å². The number of fused-ring (bicyclic) bond motifs is 1. The minimum Gasteiger partial charge on any atom is -0.463 e. The highest BCUT2D eigenvalue weighted by atomic mass is 16.5. The molecule has 3 aromatic heterocycles. The van der Waals surface area contributed by atoms with Crippen LogP contribution >= 0.6 is 0 Å². The number of anilines is 1. The van der Waals surface area contributed by atoms with E-state index >= 15 is 0 Å². The molecule has 3 rings (SSSR count). The van der Waals surface area contributed by atoms with Gasteiger partial charge in [-0.2, -0.15) is 0 Å². The average molecular weight is 273 g/mol. The zero-order valence-corrected chi connectivity index (χ0v) is 10.6. The number of esters is 1. The summed E-state index contributed by atoms with van der Waals surface area (Å²) in [4.78, 5) is 23.5. The molecule has 0 radical (unpaired) electrons. The van der Waals surface area contributed by atoms with Crippen LogP contribution < -0.4 is 5.73 Å². The summed E-state index contributed by atoms with van der Waals surface area (Å²) in [6, 6.07) is 3.26. The first kappa shape index (κ1) is 12.2. The van der Waals surface area contributed by atoms with Gasteiger partial charge in [0.25, 0.3) is 0 Å². The number of aromatic nitrogens is 4. The van der Waals surface area contributed by atoms with Crippen molar-refractivity contribution in [3.05, 3.63) is 36.3 Å². The molecule has 3 heterocycles. The van der Waals surface area contributed by atoms with E-state index in [1.165, 1.54) is 13.4 Å². The van der Waals surface area contributed by atoms with E-state index in [0.29, 0.717) is 29.3 Å². The van der Waals surface area contributed by atoms with Gasteiger partial charge in [-0.25, -0.2) is 19.7 Å². The van der Waals surface area contributed by atoms with E-state index in [1.807, 2.05) is 0 Å². The van der Waals surface area contributed by atoms with Crippen LogP contribution in [0.15, 0.2) is 29.2 Å². The number of ether oxygens (including phenoxy) is 1. The Morgan fingerprint density at radius 1 is 1.40 bits per heavy atom. The number of carbonyl (C=O) groups excluding carboxylic acids is 1. The molecule has 8 heteroatoms. The smallest absolute Gasteiger partial charge is 0.373 e. The van der Waals surface area contributed by atoms with Crippen molar-refractivity contribution in [2.45, 2.75) is 6.54 Å². The van der Waals surface area contributed by atoms with Crippen molar-refractivity contribution in [1.82, 2.24) is 19.5 Å². The summed E-state index contributed by atoms with van der Waals surface area (Å²) < 4.78 is 11.7. The minimum absolute atomic E-state index is 0.154. The van der Waals surface area contributed by atoms with Crippen LogP contribution in [0.2, 0.25) is 0 Å². The van der Waals surface area contributed by atoms with Crippen LogP contribution in [0, 0.1) is 0 Å². The maximum Gasteiger partial charge on any atom is 0.373 e. The molecule has 0 aliphatic carbocycles. The van der Waals surface area contributed by atoms with Crippen molar-refractivity contribution < 1.29 is 13.9 Å². The van der Waals surface area contributed by atoms with Crippen LogP contribution in [0.1, 0.15) is 16.3 Å². The van der Waals surface area contributed by atoms with Crippen molar-refractivity contribution in [1.29, 1.82) is 0 Å². The molecule has 0 aromatic carbocycles. The van der Waals surface area contributed by atoms with Gasteiger partial charge in [-0.15, -0.1) is 0 Å².